The molecule has 0 bridgehead atoms. The quantitative estimate of drug-likeness (QED) is 0.374. The molecule has 2 heterocycles. The minimum Gasteiger partial charge on any atom is -0.497 e. The van der Waals surface area contributed by atoms with Crippen LogP contribution in [0.1, 0.15) is 35.3 Å². The average molecular weight is 499 g/mol. The predicted octanol–water partition coefficient (Wildman–Crippen LogP) is 2.79. The topological polar surface area (TPSA) is 125 Å². The predicted molar refractivity (Wildman–Crippen MR) is 131 cm³/mol. The van der Waals surface area contributed by atoms with Gasteiger partial charge in [0.1, 0.15) is 35.4 Å². The summed E-state index contributed by atoms with van der Waals surface area (Å²) in [4.78, 5) is 25.5. The summed E-state index contributed by atoms with van der Waals surface area (Å²) >= 11 is 0. The highest BCUT2D eigenvalue weighted by Gasteiger charge is 2.50. The Kier molecular flexibility index (Phi) is 7.19. The van der Waals surface area contributed by atoms with Crippen molar-refractivity contribution in [3.8, 4) is 11.5 Å². The molecule has 1 aliphatic rings. The minimum atomic E-state index is -1.37. The number of rotatable bonds is 7. The Morgan fingerprint density at radius 2 is 1.83 bits per heavy atom. The Bertz CT molecular complexity index is 1330. The van der Waals surface area contributed by atoms with Crippen LogP contribution in [0, 0.1) is 6.92 Å². The van der Waals surface area contributed by atoms with Crippen LogP contribution >= 0.6 is 0 Å². The number of carbonyl (C=O) groups is 1. The molecule has 192 valence electrons. The van der Waals surface area contributed by atoms with Crippen molar-refractivity contribution in [2.75, 3.05) is 14.2 Å². The van der Waals surface area contributed by atoms with Crippen LogP contribution in [0.2, 0.25) is 0 Å². The number of aryl methyl sites for hydroxylation is 1. The zero-order valence-corrected chi connectivity index (χ0v) is 20.8. The monoisotopic (exact) mass is 498 g/mol. The molecule has 0 unspecified atom stereocenters. The second-order valence-electron chi connectivity index (χ2n) is 9.34. The zero-order chi connectivity index (χ0) is 26.2. The number of aliphatic hydroxyl groups excluding tert-OH is 2. The Morgan fingerprint density at radius 3 is 2.53 bits per heavy atom. The Hall–Kier alpha value is -3.24. The molecule has 3 aromatic rings. The van der Waals surface area contributed by atoms with Crippen molar-refractivity contribution in [3.05, 3.63) is 69.6 Å². The molecule has 2 N–H and O–H groups in total. The summed E-state index contributed by atoms with van der Waals surface area (Å²) in [5, 5.41) is 21.6. The third kappa shape index (κ3) is 4.87. The molecule has 36 heavy (non-hydrogen) atoms. The van der Waals surface area contributed by atoms with Gasteiger partial charge in [-0.1, -0.05) is 12.1 Å². The highest BCUT2D eigenvalue weighted by Crippen LogP contribution is 2.34. The van der Waals surface area contributed by atoms with E-state index in [9.17, 15) is 19.8 Å². The van der Waals surface area contributed by atoms with Crippen LogP contribution < -0.4 is 15.1 Å². The van der Waals surface area contributed by atoms with Gasteiger partial charge in [-0.15, -0.1) is 0 Å². The normalized spacial score (nSPS) is 23.4. The van der Waals surface area contributed by atoms with E-state index in [0.29, 0.717) is 28.0 Å². The number of ketones is 1. The van der Waals surface area contributed by atoms with E-state index in [1.807, 2.05) is 0 Å². The molecule has 1 fully saturated rings. The van der Waals surface area contributed by atoms with Gasteiger partial charge in [-0.05, 0) is 51.1 Å². The fourth-order valence-corrected chi connectivity index (χ4v) is 4.50. The molecule has 9 nitrogen and oxygen atoms in total. The number of fused-ring (bicyclic) bond motifs is 1. The molecule has 1 saturated heterocycles. The standard InChI is InChI=1S/C27H30O9/c1-14-20(34-26-22(30)21(29)24(33-5)27(2,3)36-26)10-9-16-11-17(25(31)35-23(14)16)13-19(28)15-7-6-8-18(12-15)32-4/h6-12,21-22,24,26,29-30H,13H2,1-5H3/t21-,22+,24+,26+/m0/s1. The summed E-state index contributed by atoms with van der Waals surface area (Å²) in [6.07, 6.45) is -4.65. The molecule has 9 heteroatoms. The van der Waals surface area contributed by atoms with Crippen molar-refractivity contribution in [1.82, 2.24) is 0 Å². The van der Waals surface area contributed by atoms with E-state index in [1.54, 1.807) is 63.2 Å². The zero-order valence-electron chi connectivity index (χ0n) is 20.8. The number of methoxy groups -OCH3 is 2. The van der Waals surface area contributed by atoms with Gasteiger partial charge in [0.05, 0.1) is 12.7 Å². The number of aliphatic hydroxyl groups is 2. The van der Waals surface area contributed by atoms with Crippen molar-refractivity contribution in [1.29, 1.82) is 0 Å². The van der Waals surface area contributed by atoms with Gasteiger partial charge < -0.3 is 33.6 Å². The van der Waals surface area contributed by atoms with Crippen molar-refractivity contribution < 1.29 is 38.4 Å². The lowest BCUT2D eigenvalue weighted by atomic mass is 9.89. The van der Waals surface area contributed by atoms with Gasteiger partial charge in [0.25, 0.3) is 0 Å². The van der Waals surface area contributed by atoms with E-state index in [1.165, 1.54) is 14.2 Å². The Morgan fingerprint density at radius 1 is 1.08 bits per heavy atom. The first-order valence-corrected chi connectivity index (χ1v) is 11.5. The molecule has 0 amide bonds. The molecule has 0 spiro atoms. The lowest BCUT2D eigenvalue weighted by Crippen LogP contribution is -2.63. The van der Waals surface area contributed by atoms with E-state index in [4.69, 9.17) is 23.4 Å². The molecule has 1 aliphatic heterocycles. The number of hydrogen-bond acceptors (Lipinski definition) is 9. The van der Waals surface area contributed by atoms with E-state index in [0.717, 1.165) is 0 Å². The molecule has 4 atom stereocenters. The van der Waals surface area contributed by atoms with Crippen LogP contribution in [-0.2, 0) is 15.9 Å². The third-order valence-electron chi connectivity index (χ3n) is 6.46. The van der Waals surface area contributed by atoms with Crippen molar-refractivity contribution in [2.45, 2.75) is 57.4 Å². The number of hydrogen-bond donors (Lipinski definition) is 2. The average Bonchev–Trinajstić information content (AvgIpc) is 2.85. The summed E-state index contributed by atoms with van der Waals surface area (Å²) in [6.45, 7) is 5.16. The number of carbonyl (C=O) groups excluding carboxylic acids is 1. The van der Waals surface area contributed by atoms with Crippen LogP contribution in [0.15, 0.2) is 51.7 Å². The molecular weight excluding hydrogens is 468 g/mol. The minimum absolute atomic E-state index is 0.127. The van der Waals surface area contributed by atoms with Crippen LogP contribution in [0.5, 0.6) is 11.5 Å². The second-order valence-corrected chi connectivity index (χ2v) is 9.34. The van der Waals surface area contributed by atoms with Gasteiger partial charge in [0.2, 0.25) is 6.29 Å². The molecule has 1 aromatic heterocycles. The number of Topliss-reactive ketones (excluding diaryl/α,β-unsaturated/α-hetero) is 1. The second kappa shape index (κ2) is 10.0. The first-order chi connectivity index (χ1) is 17.1. The van der Waals surface area contributed by atoms with Gasteiger partial charge in [-0.2, -0.15) is 0 Å². The van der Waals surface area contributed by atoms with Gasteiger partial charge in [-0.25, -0.2) is 4.79 Å². The van der Waals surface area contributed by atoms with Crippen molar-refractivity contribution in [2.24, 2.45) is 0 Å². The molecular formula is C27H30O9. The molecule has 4 rings (SSSR count). The fraction of sp³-hybridized carbons (Fsp3) is 0.407. The van der Waals surface area contributed by atoms with Gasteiger partial charge in [0.15, 0.2) is 5.78 Å². The Balaban J connectivity index is 1.59. The van der Waals surface area contributed by atoms with E-state index in [2.05, 4.69) is 0 Å². The van der Waals surface area contributed by atoms with E-state index < -0.39 is 35.8 Å². The first kappa shape index (κ1) is 25.8. The van der Waals surface area contributed by atoms with Gasteiger partial charge in [0, 0.05) is 35.6 Å². The summed E-state index contributed by atoms with van der Waals surface area (Å²) in [5.74, 6) is 0.625. The van der Waals surface area contributed by atoms with Crippen molar-refractivity contribution >= 4 is 16.8 Å². The van der Waals surface area contributed by atoms with Crippen molar-refractivity contribution in [3.63, 3.8) is 0 Å². The third-order valence-corrected chi connectivity index (χ3v) is 6.46. The van der Waals surface area contributed by atoms with Gasteiger partial charge in [-0.3, -0.25) is 4.79 Å². The molecule has 0 saturated carbocycles. The summed E-state index contributed by atoms with van der Waals surface area (Å²) in [7, 11) is 2.95. The first-order valence-electron chi connectivity index (χ1n) is 11.5. The molecule has 0 radical (unpaired) electrons. The summed E-state index contributed by atoms with van der Waals surface area (Å²) < 4.78 is 27.8. The van der Waals surface area contributed by atoms with E-state index >= 15 is 0 Å². The summed E-state index contributed by atoms with van der Waals surface area (Å²) in [6, 6.07) is 11.7. The largest absolute Gasteiger partial charge is 0.497 e. The maximum atomic E-state index is 12.7. The maximum Gasteiger partial charge on any atom is 0.339 e. The summed E-state index contributed by atoms with van der Waals surface area (Å²) in [5.41, 5.74) is -0.111. The maximum absolute atomic E-state index is 12.7. The van der Waals surface area contributed by atoms with Crippen LogP contribution in [0.4, 0.5) is 0 Å². The SMILES string of the molecule is COc1cccc(C(=O)Cc2cc3ccc(O[C@@H]4OC(C)(C)[C@H](OC)[C@@H](O)[C@H]4O)c(C)c3oc2=O)c1. The lowest BCUT2D eigenvalue weighted by molar-refractivity contribution is -0.306. The lowest BCUT2D eigenvalue weighted by Gasteiger charge is -2.46. The van der Waals surface area contributed by atoms with E-state index in [-0.39, 0.29) is 23.4 Å². The van der Waals surface area contributed by atoms with Gasteiger partial charge >= 0.3 is 5.63 Å². The van der Waals surface area contributed by atoms with Crippen LogP contribution in [-0.4, -0.2) is 60.4 Å². The number of benzene rings is 2. The smallest absolute Gasteiger partial charge is 0.339 e. The highest BCUT2D eigenvalue weighted by atomic mass is 16.7. The molecule has 0 aliphatic carbocycles. The van der Waals surface area contributed by atoms with Crippen LogP contribution in [0.3, 0.4) is 0 Å². The number of ether oxygens (including phenoxy) is 4. The fourth-order valence-electron chi connectivity index (χ4n) is 4.50. The highest BCUT2D eigenvalue weighted by molar-refractivity contribution is 5.98. The van der Waals surface area contributed by atoms with Crippen LogP contribution in [0.25, 0.3) is 11.0 Å². The Labute approximate surface area is 208 Å². The molecule has 2 aromatic carbocycles.